The zero-order valence-electron chi connectivity index (χ0n) is 10.1. The van der Waals surface area contributed by atoms with E-state index in [1.807, 2.05) is 30.3 Å². The molecule has 0 amide bonds. The maximum atomic E-state index is 13.8. The van der Waals surface area contributed by atoms with Gasteiger partial charge in [-0.15, -0.1) is 0 Å². The van der Waals surface area contributed by atoms with E-state index in [9.17, 15) is 8.78 Å². The quantitative estimate of drug-likeness (QED) is 0.907. The van der Waals surface area contributed by atoms with Crippen LogP contribution in [0.5, 0.6) is 0 Å². The Hall–Kier alpha value is -1.75. The van der Waals surface area contributed by atoms with Crippen LogP contribution in [0.1, 0.15) is 12.1 Å². The number of halogens is 2. The van der Waals surface area contributed by atoms with E-state index in [0.717, 1.165) is 5.56 Å². The summed E-state index contributed by atoms with van der Waals surface area (Å²) < 4.78 is 28.8. The Morgan fingerprint density at radius 1 is 1.28 bits per heavy atom. The Bertz CT molecular complexity index is 520. The molecule has 0 saturated heterocycles. The van der Waals surface area contributed by atoms with Crippen molar-refractivity contribution in [2.45, 2.75) is 12.3 Å². The van der Waals surface area contributed by atoms with E-state index in [4.69, 9.17) is 5.73 Å². The van der Waals surface area contributed by atoms with E-state index in [1.54, 1.807) is 0 Å². The summed E-state index contributed by atoms with van der Waals surface area (Å²) in [5.41, 5.74) is 6.47. The van der Waals surface area contributed by atoms with Crippen molar-refractivity contribution < 1.29 is 8.78 Å². The van der Waals surface area contributed by atoms with Crippen LogP contribution in [0.25, 0.3) is 11.3 Å². The fraction of sp³-hybridized carbons (Fsp3) is 0.308. The lowest BCUT2D eigenvalue weighted by molar-refractivity contribution is -0.0187. The van der Waals surface area contributed by atoms with Crippen molar-refractivity contribution in [3.8, 4) is 11.3 Å². The van der Waals surface area contributed by atoms with Gasteiger partial charge in [0.15, 0.2) is 0 Å². The van der Waals surface area contributed by atoms with Crippen molar-refractivity contribution in [2.75, 3.05) is 6.54 Å². The van der Waals surface area contributed by atoms with Crippen molar-refractivity contribution in [2.24, 2.45) is 12.8 Å². The Balaban J connectivity index is 2.39. The molecule has 0 saturated carbocycles. The lowest BCUT2D eigenvalue weighted by Gasteiger charge is -2.14. The molecule has 0 aliphatic rings. The number of benzene rings is 1. The second kappa shape index (κ2) is 4.86. The molecule has 2 rings (SSSR count). The van der Waals surface area contributed by atoms with Gasteiger partial charge >= 0.3 is 0 Å². The minimum atomic E-state index is -2.94. The van der Waals surface area contributed by atoms with Gasteiger partial charge < -0.3 is 5.73 Å². The van der Waals surface area contributed by atoms with Gasteiger partial charge in [-0.2, -0.15) is 13.9 Å². The van der Waals surface area contributed by atoms with E-state index in [0.29, 0.717) is 5.69 Å². The van der Waals surface area contributed by atoms with Gasteiger partial charge in [0.1, 0.15) is 5.69 Å². The highest BCUT2D eigenvalue weighted by Crippen LogP contribution is 2.33. The molecular weight excluding hydrogens is 236 g/mol. The van der Waals surface area contributed by atoms with Crippen molar-refractivity contribution in [3.05, 3.63) is 42.1 Å². The van der Waals surface area contributed by atoms with Gasteiger partial charge in [0, 0.05) is 19.0 Å². The smallest absolute Gasteiger partial charge is 0.290 e. The van der Waals surface area contributed by atoms with E-state index < -0.39 is 5.92 Å². The van der Waals surface area contributed by atoms with Crippen LogP contribution in [0.3, 0.4) is 0 Å². The van der Waals surface area contributed by atoms with Crippen molar-refractivity contribution in [1.29, 1.82) is 0 Å². The zero-order chi connectivity index (χ0) is 13.2. The third-order valence-corrected chi connectivity index (χ3v) is 2.78. The summed E-state index contributed by atoms with van der Waals surface area (Å²) >= 11 is 0. The molecule has 3 nitrogen and oxygen atoms in total. The predicted molar refractivity (Wildman–Crippen MR) is 66.2 cm³/mol. The molecule has 2 aromatic rings. The summed E-state index contributed by atoms with van der Waals surface area (Å²) in [6.45, 7) is -0.0567. The molecule has 2 N–H and O–H groups in total. The molecular formula is C13H15F2N3. The molecule has 5 heteroatoms. The van der Waals surface area contributed by atoms with Crippen LogP contribution < -0.4 is 5.73 Å². The largest absolute Gasteiger partial charge is 0.330 e. The average molecular weight is 251 g/mol. The first-order chi connectivity index (χ1) is 8.54. The van der Waals surface area contributed by atoms with Crippen LogP contribution in [-0.4, -0.2) is 16.3 Å². The molecule has 0 unspecified atom stereocenters. The Kier molecular flexibility index (Phi) is 3.43. The number of hydrogen-bond donors (Lipinski definition) is 1. The molecule has 1 heterocycles. The van der Waals surface area contributed by atoms with Crippen LogP contribution >= 0.6 is 0 Å². The van der Waals surface area contributed by atoms with Gasteiger partial charge in [0.25, 0.3) is 5.92 Å². The molecule has 1 aromatic carbocycles. The van der Waals surface area contributed by atoms with Crippen molar-refractivity contribution in [1.82, 2.24) is 9.78 Å². The minimum absolute atomic E-state index is 0.0567. The first-order valence-corrected chi connectivity index (χ1v) is 5.72. The molecule has 18 heavy (non-hydrogen) atoms. The second-order valence-corrected chi connectivity index (χ2v) is 4.15. The zero-order valence-corrected chi connectivity index (χ0v) is 10.1. The Morgan fingerprint density at radius 3 is 2.56 bits per heavy atom. The average Bonchev–Trinajstić information content (AvgIpc) is 2.73. The van der Waals surface area contributed by atoms with Gasteiger partial charge in [0.2, 0.25) is 0 Å². The fourth-order valence-electron chi connectivity index (χ4n) is 1.87. The third kappa shape index (κ3) is 2.41. The fourth-order valence-corrected chi connectivity index (χ4v) is 1.87. The highest BCUT2D eigenvalue weighted by atomic mass is 19.3. The predicted octanol–water partition coefficient (Wildman–Crippen LogP) is 2.53. The number of nitrogens with zero attached hydrogens (tertiary/aromatic N) is 2. The molecule has 0 aliphatic carbocycles. The summed E-state index contributed by atoms with van der Waals surface area (Å²) in [7, 11) is 1.52. The summed E-state index contributed by atoms with van der Waals surface area (Å²) in [6, 6.07) is 10.7. The highest BCUT2D eigenvalue weighted by molar-refractivity contribution is 5.59. The maximum Gasteiger partial charge on any atom is 0.290 e. The molecule has 96 valence electrons. The minimum Gasteiger partial charge on any atom is -0.330 e. The van der Waals surface area contributed by atoms with E-state index in [1.165, 1.54) is 17.8 Å². The molecule has 0 fully saturated rings. The lowest BCUT2D eigenvalue weighted by Crippen LogP contribution is -2.21. The second-order valence-electron chi connectivity index (χ2n) is 4.15. The van der Waals surface area contributed by atoms with Crippen molar-refractivity contribution in [3.63, 3.8) is 0 Å². The normalized spacial score (nSPS) is 11.8. The van der Waals surface area contributed by atoms with Gasteiger partial charge in [0.05, 0.1) is 5.69 Å². The summed E-state index contributed by atoms with van der Waals surface area (Å²) in [4.78, 5) is 0. The monoisotopic (exact) mass is 251 g/mol. The van der Waals surface area contributed by atoms with Gasteiger partial charge in [-0.3, -0.25) is 4.68 Å². The van der Waals surface area contributed by atoms with Crippen LogP contribution in [0, 0.1) is 0 Å². The number of hydrogen-bond acceptors (Lipinski definition) is 2. The van der Waals surface area contributed by atoms with E-state index >= 15 is 0 Å². The van der Waals surface area contributed by atoms with Crippen LogP contribution in [-0.2, 0) is 13.0 Å². The lowest BCUT2D eigenvalue weighted by atomic mass is 10.1. The molecule has 1 aromatic heterocycles. The third-order valence-electron chi connectivity index (χ3n) is 2.78. The van der Waals surface area contributed by atoms with Crippen LogP contribution in [0.2, 0.25) is 0 Å². The number of nitrogens with two attached hydrogens (primary N) is 1. The van der Waals surface area contributed by atoms with E-state index in [-0.39, 0.29) is 18.7 Å². The number of aryl methyl sites for hydroxylation is 1. The van der Waals surface area contributed by atoms with Gasteiger partial charge in [-0.25, -0.2) is 0 Å². The Morgan fingerprint density at radius 2 is 1.94 bits per heavy atom. The molecule has 0 spiro atoms. The first kappa shape index (κ1) is 12.7. The SMILES string of the molecule is Cn1nc(-c2ccccc2)cc1C(F)(F)CCN. The standard InChI is InChI=1S/C13H15F2N3/c1-18-12(13(14,15)7-8-16)9-11(17-18)10-5-3-2-4-6-10/h2-6,9H,7-8,16H2,1H3. The van der Waals surface area contributed by atoms with Gasteiger partial charge in [-0.1, -0.05) is 30.3 Å². The Labute approximate surface area is 104 Å². The van der Waals surface area contributed by atoms with Crippen LogP contribution in [0.4, 0.5) is 8.78 Å². The molecule has 0 atom stereocenters. The maximum absolute atomic E-state index is 13.8. The van der Waals surface area contributed by atoms with E-state index in [2.05, 4.69) is 5.10 Å². The summed E-state index contributed by atoms with van der Waals surface area (Å²) in [5, 5.41) is 4.13. The number of alkyl halides is 2. The first-order valence-electron chi connectivity index (χ1n) is 5.72. The van der Waals surface area contributed by atoms with Crippen molar-refractivity contribution >= 4 is 0 Å². The molecule has 0 radical (unpaired) electrons. The molecule has 0 aliphatic heterocycles. The topological polar surface area (TPSA) is 43.8 Å². The molecule has 0 bridgehead atoms. The van der Waals surface area contributed by atoms with Crippen LogP contribution in [0.15, 0.2) is 36.4 Å². The summed E-state index contributed by atoms with van der Waals surface area (Å²) in [5.74, 6) is -2.94. The highest BCUT2D eigenvalue weighted by Gasteiger charge is 2.34. The van der Waals surface area contributed by atoms with Gasteiger partial charge in [-0.05, 0) is 12.6 Å². The summed E-state index contributed by atoms with van der Waals surface area (Å²) in [6.07, 6.45) is -0.374. The number of aromatic nitrogens is 2. The number of rotatable bonds is 4.